The average Bonchev–Trinajstić information content (AvgIpc) is 3.13. The molecular weight excluding hydrogens is 434 g/mol. The van der Waals surface area contributed by atoms with Crippen LogP contribution >= 0.6 is 22.9 Å². The number of aromatic nitrogens is 1. The number of ether oxygens (including phenoxy) is 1. The fourth-order valence-electron chi connectivity index (χ4n) is 4.79. The number of hydrogen-bond donors (Lipinski definition) is 2. The molecule has 1 aromatic carbocycles. The molecule has 2 aliphatic rings. The van der Waals surface area contributed by atoms with E-state index < -0.39 is 12.0 Å². The number of nitrogens with one attached hydrogen (secondary N) is 1. The molecular formula is C23H30ClN3O3S. The molecule has 8 heteroatoms. The number of halogens is 1. The Hall–Kier alpha value is -1.51. The highest BCUT2D eigenvalue weighted by Crippen LogP contribution is 2.38. The molecule has 0 radical (unpaired) electrons. The van der Waals surface area contributed by atoms with Crippen LogP contribution in [0.3, 0.4) is 0 Å². The Morgan fingerprint density at radius 2 is 1.97 bits per heavy atom. The van der Waals surface area contributed by atoms with Crippen LogP contribution < -0.4 is 5.48 Å². The fourth-order valence-corrected chi connectivity index (χ4v) is 6.01. The van der Waals surface area contributed by atoms with Crippen molar-refractivity contribution in [2.24, 2.45) is 0 Å². The summed E-state index contributed by atoms with van der Waals surface area (Å²) in [5.74, 6) is 0.0540. The molecule has 0 spiro atoms. The maximum absolute atomic E-state index is 12.0. The second-order valence-corrected chi connectivity index (χ2v) is 10.3. The molecule has 2 unspecified atom stereocenters. The summed E-state index contributed by atoms with van der Waals surface area (Å²) in [5.41, 5.74) is 4.11. The lowest BCUT2D eigenvalue weighted by Crippen LogP contribution is -2.58. The number of amides is 1. The number of thiazole rings is 1. The molecule has 2 aromatic rings. The van der Waals surface area contributed by atoms with Crippen molar-refractivity contribution in [1.82, 2.24) is 15.4 Å². The number of hydroxylamine groups is 1. The van der Waals surface area contributed by atoms with Gasteiger partial charge in [-0.3, -0.25) is 14.9 Å². The molecule has 1 saturated carbocycles. The normalized spacial score (nSPS) is 27.2. The maximum Gasteiger partial charge on any atom is 0.273 e. The van der Waals surface area contributed by atoms with E-state index in [0.717, 1.165) is 42.8 Å². The Kier molecular flexibility index (Phi) is 7.29. The van der Waals surface area contributed by atoms with Gasteiger partial charge in [-0.2, -0.15) is 0 Å². The van der Waals surface area contributed by atoms with Crippen LogP contribution in [0.25, 0.3) is 0 Å². The van der Waals surface area contributed by atoms with E-state index in [1.54, 1.807) is 5.48 Å². The predicted octanol–water partition coefficient (Wildman–Crippen LogP) is 4.26. The zero-order valence-corrected chi connectivity index (χ0v) is 19.6. The molecule has 4 rings (SSSR count). The molecule has 6 nitrogen and oxygen atoms in total. The zero-order valence-electron chi connectivity index (χ0n) is 18.0. The quantitative estimate of drug-likeness (QED) is 0.512. The summed E-state index contributed by atoms with van der Waals surface area (Å²) in [6, 6.07) is 8.52. The largest absolute Gasteiger partial charge is 0.365 e. The van der Waals surface area contributed by atoms with Crippen molar-refractivity contribution in [3.05, 3.63) is 50.4 Å². The van der Waals surface area contributed by atoms with E-state index >= 15 is 0 Å². The molecule has 1 aliphatic carbocycles. The van der Waals surface area contributed by atoms with Gasteiger partial charge in [-0.15, -0.1) is 11.3 Å². The van der Waals surface area contributed by atoms with Gasteiger partial charge in [0.2, 0.25) is 0 Å². The summed E-state index contributed by atoms with van der Waals surface area (Å²) in [4.78, 5) is 20.6. The van der Waals surface area contributed by atoms with Crippen LogP contribution in [-0.4, -0.2) is 52.3 Å². The number of carbonyl (C=O) groups excluding carboxylic acids is 1. The average molecular weight is 464 g/mol. The molecule has 1 aliphatic heterocycles. The molecule has 1 amide bonds. The Labute approximate surface area is 192 Å². The summed E-state index contributed by atoms with van der Waals surface area (Å²) < 4.78 is 5.82. The van der Waals surface area contributed by atoms with Crippen molar-refractivity contribution in [2.75, 3.05) is 13.2 Å². The Balaban J connectivity index is 1.45. The Morgan fingerprint density at radius 3 is 2.58 bits per heavy atom. The summed E-state index contributed by atoms with van der Waals surface area (Å²) in [6.45, 7) is 5.19. The molecule has 2 fully saturated rings. The van der Waals surface area contributed by atoms with E-state index in [2.05, 4.69) is 30.9 Å². The first kappa shape index (κ1) is 22.7. The number of morpholine rings is 1. The van der Waals surface area contributed by atoms with Gasteiger partial charge < -0.3 is 4.74 Å². The third-order valence-corrected chi connectivity index (χ3v) is 8.17. The first-order valence-corrected chi connectivity index (χ1v) is 12.1. The molecule has 2 atom stereocenters. The lowest BCUT2D eigenvalue weighted by atomic mass is 9.84. The predicted molar refractivity (Wildman–Crippen MR) is 122 cm³/mol. The van der Waals surface area contributed by atoms with Crippen LogP contribution in [0.1, 0.15) is 52.7 Å². The van der Waals surface area contributed by atoms with Crippen molar-refractivity contribution >= 4 is 28.8 Å². The Morgan fingerprint density at radius 1 is 1.26 bits per heavy atom. The number of carbonyl (C=O) groups is 1. The highest BCUT2D eigenvalue weighted by atomic mass is 35.5. The standard InChI is InChI=1S/C23H30ClN3O3S/c1-14-15(2)31-23(25-14)17-5-9-19(10-6-17)27-12-21(22(28)26-29)30-13-20(27)11-16-3-7-18(24)8-4-16/h3-4,7-8,17,19-21,29H,5-6,9-13H2,1-2H3,(H,26,28). The second-order valence-electron chi connectivity index (χ2n) is 8.68. The van der Waals surface area contributed by atoms with Crippen LogP contribution in [0.2, 0.25) is 5.02 Å². The third-order valence-electron chi connectivity index (χ3n) is 6.68. The maximum atomic E-state index is 12.0. The van der Waals surface area contributed by atoms with Crippen molar-refractivity contribution in [3.63, 3.8) is 0 Å². The molecule has 2 N–H and O–H groups in total. The van der Waals surface area contributed by atoms with Crippen LogP contribution in [0.15, 0.2) is 24.3 Å². The topological polar surface area (TPSA) is 74.7 Å². The van der Waals surface area contributed by atoms with Gasteiger partial charge in [0.05, 0.1) is 17.3 Å². The smallest absolute Gasteiger partial charge is 0.273 e. The monoisotopic (exact) mass is 463 g/mol. The second kappa shape index (κ2) is 9.96. The van der Waals surface area contributed by atoms with Crippen molar-refractivity contribution in [2.45, 2.75) is 70.1 Å². The van der Waals surface area contributed by atoms with Gasteiger partial charge in [-0.05, 0) is 63.6 Å². The number of nitrogens with zero attached hydrogens (tertiary/aromatic N) is 2. The highest BCUT2D eigenvalue weighted by Gasteiger charge is 2.38. The summed E-state index contributed by atoms with van der Waals surface area (Å²) in [5, 5.41) is 11.1. The summed E-state index contributed by atoms with van der Waals surface area (Å²) in [7, 11) is 0. The minimum Gasteiger partial charge on any atom is -0.365 e. The summed E-state index contributed by atoms with van der Waals surface area (Å²) in [6.07, 6.45) is 4.57. The molecule has 1 aromatic heterocycles. The van der Waals surface area contributed by atoms with Crippen molar-refractivity contribution in [3.8, 4) is 0 Å². The number of hydrogen-bond acceptors (Lipinski definition) is 6. The van der Waals surface area contributed by atoms with Gasteiger partial charge in [0.1, 0.15) is 0 Å². The van der Waals surface area contributed by atoms with Gasteiger partial charge in [0.15, 0.2) is 6.10 Å². The number of rotatable bonds is 5. The Bertz CT molecular complexity index is 876. The van der Waals surface area contributed by atoms with Gasteiger partial charge in [0, 0.05) is 34.4 Å². The summed E-state index contributed by atoms with van der Waals surface area (Å²) >= 11 is 7.87. The van der Waals surface area contributed by atoms with E-state index in [-0.39, 0.29) is 6.04 Å². The van der Waals surface area contributed by atoms with E-state index in [1.165, 1.54) is 15.4 Å². The zero-order chi connectivity index (χ0) is 22.0. The van der Waals surface area contributed by atoms with Gasteiger partial charge in [0.25, 0.3) is 5.91 Å². The van der Waals surface area contributed by atoms with Gasteiger partial charge in [-0.25, -0.2) is 10.5 Å². The van der Waals surface area contributed by atoms with Crippen LogP contribution in [0, 0.1) is 13.8 Å². The molecule has 0 bridgehead atoms. The van der Waals surface area contributed by atoms with Crippen molar-refractivity contribution < 1.29 is 14.7 Å². The van der Waals surface area contributed by atoms with Crippen LogP contribution in [0.4, 0.5) is 0 Å². The van der Waals surface area contributed by atoms with E-state index in [9.17, 15) is 4.79 Å². The number of aryl methyl sites for hydroxylation is 2. The highest BCUT2D eigenvalue weighted by molar-refractivity contribution is 7.11. The molecule has 1 saturated heterocycles. The minimum absolute atomic E-state index is 0.190. The van der Waals surface area contributed by atoms with E-state index in [4.69, 9.17) is 26.5 Å². The molecule has 2 heterocycles. The third kappa shape index (κ3) is 5.29. The van der Waals surface area contributed by atoms with Gasteiger partial charge in [-0.1, -0.05) is 23.7 Å². The van der Waals surface area contributed by atoms with Crippen LogP contribution in [0.5, 0.6) is 0 Å². The first-order valence-electron chi connectivity index (χ1n) is 10.9. The lowest BCUT2D eigenvalue weighted by molar-refractivity contribution is -0.153. The first-order chi connectivity index (χ1) is 14.9. The van der Waals surface area contributed by atoms with Gasteiger partial charge >= 0.3 is 0 Å². The lowest BCUT2D eigenvalue weighted by Gasteiger charge is -2.45. The minimum atomic E-state index is -0.645. The molecule has 168 valence electrons. The van der Waals surface area contributed by atoms with Crippen LogP contribution in [-0.2, 0) is 16.0 Å². The van der Waals surface area contributed by atoms with E-state index in [1.807, 2.05) is 23.5 Å². The van der Waals surface area contributed by atoms with Crippen molar-refractivity contribution in [1.29, 1.82) is 0 Å². The SMILES string of the molecule is Cc1nc(C2CCC(N3CC(C(=O)NO)OCC3Cc3ccc(Cl)cc3)CC2)sc1C. The molecule has 31 heavy (non-hydrogen) atoms. The van der Waals surface area contributed by atoms with E-state index in [0.29, 0.717) is 25.1 Å². The number of benzene rings is 1. The fraction of sp³-hybridized carbons (Fsp3) is 0.565.